The third-order valence-corrected chi connectivity index (χ3v) is 10.0. The molecule has 0 saturated heterocycles. The highest BCUT2D eigenvalue weighted by Gasteiger charge is 2.35. The lowest BCUT2D eigenvalue weighted by Gasteiger charge is -2.31. The Morgan fingerprint density at radius 2 is 1.36 bits per heavy atom. The highest BCUT2D eigenvalue weighted by atomic mass is 16.6. The van der Waals surface area contributed by atoms with Crippen LogP contribution in [0.4, 0.5) is 4.79 Å². The van der Waals surface area contributed by atoms with Crippen LogP contribution in [0.1, 0.15) is 125 Å². The molecule has 0 aromatic heterocycles. The lowest BCUT2D eigenvalue weighted by Crippen LogP contribution is -2.48. The van der Waals surface area contributed by atoms with Crippen LogP contribution in [0.15, 0.2) is 30.3 Å². The zero-order valence-corrected chi connectivity index (χ0v) is 41.5. The number of amides is 3. The van der Waals surface area contributed by atoms with Crippen LogP contribution < -0.4 is 30.6 Å². The predicted molar refractivity (Wildman–Crippen MR) is 248 cm³/mol. The summed E-state index contributed by atoms with van der Waals surface area (Å²) in [6.07, 6.45) is -0.392. The number of methoxy groups -OCH3 is 2. The smallest absolute Gasteiger partial charge is 0.407 e. The van der Waals surface area contributed by atoms with Gasteiger partial charge >= 0.3 is 24.0 Å². The molecule has 4 bridgehead atoms. The highest BCUT2D eigenvalue weighted by Crippen LogP contribution is 2.45. The average molecular weight is 941 g/mol. The van der Waals surface area contributed by atoms with E-state index in [1.54, 1.807) is 92.6 Å². The number of hydrogen-bond donors (Lipinski definition) is 3. The Bertz CT molecular complexity index is 2080. The number of esters is 3. The van der Waals surface area contributed by atoms with Crippen molar-refractivity contribution in [2.24, 2.45) is 11.7 Å². The summed E-state index contributed by atoms with van der Waals surface area (Å²) in [6.45, 7) is 17.5. The first-order valence-electron chi connectivity index (χ1n) is 22.6. The fourth-order valence-corrected chi connectivity index (χ4v) is 7.10. The van der Waals surface area contributed by atoms with Crippen molar-refractivity contribution in [3.63, 3.8) is 0 Å². The minimum Gasteiger partial charge on any atom is -0.493 e. The van der Waals surface area contributed by atoms with Crippen molar-refractivity contribution in [3.8, 4) is 28.4 Å². The molecular formula is C49H72N4O14. The molecule has 4 N–H and O–H groups in total. The van der Waals surface area contributed by atoms with Crippen LogP contribution in [0.3, 0.4) is 0 Å². The lowest BCUT2D eigenvalue weighted by molar-refractivity contribution is -0.156. The van der Waals surface area contributed by atoms with Gasteiger partial charge in [0.05, 0.1) is 33.5 Å². The predicted octanol–water partition coefficient (Wildman–Crippen LogP) is 5.91. The molecule has 2 aromatic carbocycles. The maximum atomic E-state index is 14.6. The Hall–Kier alpha value is -5.91. The molecule has 0 unspecified atom stereocenters. The second-order valence-electron chi connectivity index (χ2n) is 19.5. The van der Waals surface area contributed by atoms with Crippen molar-refractivity contribution in [3.05, 3.63) is 41.5 Å². The number of nitrogens with one attached hydrogen (secondary N) is 2. The average Bonchev–Trinajstić information content (AvgIpc) is 3.20. The van der Waals surface area contributed by atoms with Crippen molar-refractivity contribution in [1.82, 2.24) is 15.5 Å². The molecule has 18 heteroatoms. The van der Waals surface area contributed by atoms with Gasteiger partial charge in [-0.2, -0.15) is 0 Å². The summed E-state index contributed by atoms with van der Waals surface area (Å²) < 4.78 is 40.0. The zero-order valence-electron chi connectivity index (χ0n) is 41.5. The first-order valence-corrected chi connectivity index (χ1v) is 22.6. The van der Waals surface area contributed by atoms with Gasteiger partial charge in [-0.25, -0.2) is 9.59 Å². The van der Waals surface area contributed by atoms with Crippen LogP contribution in [-0.2, 0) is 54.1 Å². The van der Waals surface area contributed by atoms with E-state index in [-0.39, 0.29) is 76.2 Å². The van der Waals surface area contributed by atoms with Gasteiger partial charge in [0, 0.05) is 56.3 Å². The Balaban J connectivity index is 2.24. The Labute approximate surface area is 394 Å². The molecule has 0 aliphatic carbocycles. The van der Waals surface area contributed by atoms with Gasteiger partial charge in [0.15, 0.2) is 17.3 Å². The number of alkyl carbamates (subject to hydrolysis) is 1. The van der Waals surface area contributed by atoms with Crippen molar-refractivity contribution in [1.29, 1.82) is 0 Å². The van der Waals surface area contributed by atoms with Crippen LogP contribution >= 0.6 is 0 Å². The number of nitrogens with zero attached hydrogens (tertiary/aromatic N) is 1. The van der Waals surface area contributed by atoms with Crippen molar-refractivity contribution in [2.75, 3.05) is 41.0 Å². The summed E-state index contributed by atoms with van der Waals surface area (Å²) in [5.74, 6) is -3.51. The molecule has 0 fully saturated rings. The molecule has 18 nitrogen and oxygen atoms in total. The number of likely N-dealkylation sites (N-methyl/N-ethyl adjacent to an activating group) is 1. The van der Waals surface area contributed by atoms with E-state index in [9.17, 15) is 33.6 Å². The van der Waals surface area contributed by atoms with Crippen LogP contribution in [0.5, 0.6) is 17.2 Å². The quantitative estimate of drug-likeness (QED) is 0.0949. The zero-order chi connectivity index (χ0) is 50.4. The van der Waals surface area contributed by atoms with E-state index in [1.165, 1.54) is 33.1 Å². The number of nitrogens with two attached hydrogens (primary N) is 1. The number of ether oxygens (including phenoxy) is 7. The molecular weight excluding hydrogens is 869 g/mol. The third kappa shape index (κ3) is 18.0. The first kappa shape index (κ1) is 55.4. The molecule has 0 saturated carbocycles. The van der Waals surface area contributed by atoms with Gasteiger partial charge in [0.1, 0.15) is 34.6 Å². The van der Waals surface area contributed by atoms with E-state index < -0.39 is 82.4 Å². The summed E-state index contributed by atoms with van der Waals surface area (Å²) in [5.41, 5.74) is 5.93. The molecule has 0 radical (unpaired) electrons. The summed E-state index contributed by atoms with van der Waals surface area (Å²) in [4.78, 5) is 94.4. The number of hydrogen-bond acceptors (Lipinski definition) is 15. The van der Waals surface area contributed by atoms with Crippen LogP contribution in [0.2, 0.25) is 0 Å². The topological polar surface area (TPSA) is 237 Å². The van der Waals surface area contributed by atoms with E-state index in [0.717, 1.165) is 0 Å². The van der Waals surface area contributed by atoms with Crippen LogP contribution in [0.25, 0.3) is 11.1 Å². The molecule has 1 aliphatic rings. The minimum atomic E-state index is -1.30. The van der Waals surface area contributed by atoms with Crippen LogP contribution in [-0.4, -0.2) is 116 Å². The Morgan fingerprint density at radius 3 is 1.90 bits per heavy atom. The number of carbonyl (C=O) groups excluding carboxylic acids is 7. The molecule has 2 aromatic rings. The van der Waals surface area contributed by atoms with Gasteiger partial charge in [0.2, 0.25) is 11.8 Å². The number of carbonyl (C=O) groups is 7. The number of fused-ring (bicyclic) bond motifs is 5. The molecule has 1 heterocycles. The molecule has 1 aliphatic heterocycles. The van der Waals surface area contributed by atoms with E-state index in [0.29, 0.717) is 28.0 Å². The largest absolute Gasteiger partial charge is 0.493 e. The molecule has 3 rings (SSSR count). The second kappa shape index (κ2) is 24.2. The fraction of sp³-hybridized carbons (Fsp3) is 0.612. The molecule has 4 atom stereocenters. The van der Waals surface area contributed by atoms with E-state index in [4.69, 9.17) is 38.9 Å². The van der Waals surface area contributed by atoms with Gasteiger partial charge in [-0.3, -0.25) is 24.0 Å². The maximum Gasteiger partial charge on any atom is 0.407 e. The molecule has 67 heavy (non-hydrogen) atoms. The number of Topliss-reactive ketones (excluding diaryl/α,β-unsaturated/α-hetero) is 1. The summed E-state index contributed by atoms with van der Waals surface area (Å²) >= 11 is 0. The molecule has 3 amide bonds. The molecule has 372 valence electrons. The SMILES string of the molecule is COC(=O)[C@@H]1Cc2cc(OCCCC(=O)OC(C)(C)C)c(OC)c(c2)-c2cc(ccc2OCCCC(=O)OC(C)(C)C)[C@H](N(C)C(=O)[C@@H](N)CCNC(=O)OC(C)(C)C)C(=O)C[C@@H](C)C(=O)N1. The minimum absolute atomic E-state index is 0.00149. The van der Waals surface area contributed by atoms with E-state index >= 15 is 0 Å². The first-order chi connectivity index (χ1) is 31.1. The molecule has 0 spiro atoms. The van der Waals surface area contributed by atoms with Gasteiger partial charge in [-0.05, 0) is 117 Å². The van der Waals surface area contributed by atoms with E-state index in [2.05, 4.69) is 10.6 Å². The standard InChI is InChI=1S/C49H72N4O14/c1-29-24-36(54)41(53(11)44(58)34(50)20-21-51-46(60)67-49(8,9)10)31-18-19-37(63-22-14-16-39(55)65-47(2,3)4)32(28-31)33-25-30(26-35(45(59)62-13)52-43(29)57)27-38(42(33)61-12)64-23-15-17-40(56)66-48(5,6)7/h18-19,25,27-29,34-35,41H,14-17,20-24,26,50H2,1-13H3,(H,51,60)(H,52,57)/t29-,34+,35+,41+/m1/s1. The van der Waals surface area contributed by atoms with E-state index in [1.807, 2.05) is 0 Å². The van der Waals surface area contributed by atoms with Crippen molar-refractivity contribution in [2.45, 2.75) is 149 Å². The summed E-state index contributed by atoms with van der Waals surface area (Å²) in [7, 11) is 4.06. The van der Waals surface area contributed by atoms with Crippen LogP contribution in [0, 0.1) is 5.92 Å². The summed E-state index contributed by atoms with van der Waals surface area (Å²) in [5, 5.41) is 5.34. The van der Waals surface area contributed by atoms with Crippen molar-refractivity contribution >= 4 is 41.6 Å². The fourth-order valence-electron chi connectivity index (χ4n) is 7.10. The van der Waals surface area contributed by atoms with Crippen molar-refractivity contribution < 1.29 is 66.7 Å². The summed E-state index contributed by atoms with van der Waals surface area (Å²) in [6, 6.07) is 4.66. The maximum absolute atomic E-state index is 14.6. The monoisotopic (exact) mass is 941 g/mol. The van der Waals surface area contributed by atoms with Gasteiger partial charge < -0.3 is 54.4 Å². The third-order valence-electron chi connectivity index (χ3n) is 10.0. The lowest BCUT2D eigenvalue weighted by atomic mass is 9.89. The normalized spacial score (nSPS) is 17.1. The van der Waals surface area contributed by atoms with Gasteiger partial charge in [-0.1, -0.05) is 13.0 Å². The number of benzene rings is 2. The van der Waals surface area contributed by atoms with Gasteiger partial charge in [-0.15, -0.1) is 0 Å². The highest BCUT2D eigenvalue weighted by molar-refractivity contribution is 5.95. The Kier molecular flexibility index (Phi) is 20.0. The number of ketones is 1. The number of rotatable bonds is 17. The Morgan fingerprint density at radius 1 is 0.791 bits per heavy atom. The second-order valence-corrected chi connectivity index (χ2v) is 19.5. The van der Waals surface area contributed by atoms with Gasteiger partial charge in [0.25, 0.3) is 0 Å².